The number of hydrogen-bond donors (Lipinski definition) is 2. The number of nitrogens with one attached hydrogen (secondary N) is 1. The molecule has 1 aromatic carbocycles. The second-order valence-electron chi connectivity index (χ2n) is 9.16. The summed E-state index contributed by atoms with van der Waals surface area (Å²) in [5.74, 6) is 0.221. The van der Waals surface area contributed by atoms with E-state index in [4.69, 9.17) is 10.7 Å². The maximum absolute atomic E-state index is 9.48. The smallest absolute Gasteiger partial charge is 0.124 e. The highest BCUT2D eigenvalue weighted by atomic mass is 15.6. The SMILES string of the molecule is CC1NN(c2ccc(C(C)(C)C#N)cc2)C23C=CC(c4cncc(N)c4)=NC2=CC=CC13. The molecule has 6 heteroatoms. The molecule has 1 saturated heterocycles. The first-order valence-corrected chi connectivity index (χ1v) is 10.8. The van der Waals surface area contributed by atoms with Gasteiger partial charge >= 0.3 is 0 Å². The van der Waals surface area contributed by atoms with Gasteiger partial charge in [0.05, 0.1) is 34.3 Å². The van der Waals surface area contributed by atoms with E-state index in [9.17, 15) is 5.26 Å². The fourth-order valence-electron chi connectivity index (χ4n) is 4.83. The average Bonchev–Trinajstić information content (AvgIpc) is 3.10. The first-order chi connectivity index (χ1) is 15.3. The van der Waals surface area contributed by atoms with Crippen molar-refractivity contribution >= 4 is 17.1 Å². The van der Waals surface area contributed by atoms with Crippen LogP contribution < -0.4 is 16.2 Å². The molecule has 1 fully saturated rings. The highest BCUT2D eigenvalue weighted by Crippen LogP contribution is 2.47. The summed E-state index contributed by atoms with van der Waals surface area (Å²) in [6.07, 6.45) is 14.2. The van der Waals surface area contributed by atoms with Crippen LogP contribution in [-0.2, 0) is 5.41 Å². The minimum Gasteiger partial charge on any atom is -0.397 e. The predicted molar refractivity (Wildman–Crippen MR) is 128 cm³/mol. The summed E-state index contributed by atoms with van der Waals surface area (Å²) in [5, 5.41) is 11.7. The maximum atomic E-state index is 9.48. The van der Waals surface area contributed by atoms with E-state index in [0.29, 0.717) is 5.69 Å². The molecule has 3 N–H and O–H groups in total. The number of aromatic nitrogens is 1. The van der Waals surface area contributed by atoms with Gasteiger partial charge in [-0.15, -0.1) is 0 Å². The van der Waals surface area contributed by atoms with Gasteiger partial charge in [0.1, 0.15) is 5.54 Å². The molecule has 32 heavy (non-hydrogen) atoms. The normalized spacial score (nSPS) is 26.1. The number of anilines is 2. The Balaban J connectivity index is 1.57. The molecule has 0 bridgehead atoms. The van der Waals surface area contributed by atoms with Crippen molar-refractivity contribution in [2.75, 3.05) is 10.7 Å². The summed E-state index contributed by atoms with van der Waals surface area (Å²) in [6, 6.07) is 12.7. The lowest BCUT2D eigenvalue weighted by atomic mass is 9.74. The van der Waals surface area contributed by atoms with E-state index in [0.717, 1.165) is 28.2 Å². The van der Waals surface area contributed by atoms with Gasteiger partial charge in [-0.05, 0) is 62.8 Å². The summed E-state index contributed by atoms with van der Waals surface area (Å²) in [5.41, 5.74) is 14.0. The van der Waals surface area contributed by atoms with Gasteiger partial charge in [-0.2, -0.15) is 5.26 Å². The third kappa shape index (κ3) is 2.97. The number of pyridine rings is 1. The Kier molecular flexibility index (Phi) is 4.54. The highest BCUT2D eigenvalue weighted by Gasteiger charge is 2.54. The number of benzene rings is 1. The Labute approximate surface area is 188 Å². The molecular weight excluding hydrogens is 396 g/mol. The van der Waals surface area contributed by atoms with Crippen LogP contribution in [-0.4, -0.2) is 22.3 Å². The molecule has 1 spiro atoms. The number of nitrogens with zero attached hydrogens (tertiary/aromatic N) is 4. The number of aliphatic imine (C=N–C) groups is 1. The molecular formula is C26H26N6. The third-order valence-electron chi connectivity index (χ3n) is 6.65. The van der Waals surface area contributed by atoms with Crippen molar-refractivity contribution in [2.24, 2.45) is 10.9 Å². The lowest BCUT2D eigenvalue weighted by Crippen LogP contribution is -2.52. The number of dihydropyridines is 1. The number of allylic oxidation sites excluding steroid dienone is 3. The van der Waals surface area contributed by atoms with Crippen LogP contribution in [0.5, 0.6) is 0 Å². The number of hydrazine groups is 1. The summed E-state index contributed by atoms with van der Waals surface area (Å²) < 4.78 is 0. The summed E-state index contributed by atoms with van der Waals surface area (Å²) in [7, 11) is 0. The Morgan fingerprint density at radius 2 is 2.00 bits per heavy atom. The zero-order chi connectivity index (χ0) is 22.5. The van der Waals surface area contributed by atoms with Crippen LogP contribution in [0.1, 0.15) is 31.9 Å². The van der Waals surface area contributed by atoms with Crippen LogP contribution in [0.4, 0.5) is 11.4 Å². The van der Waals surface area contributed by atoms with Gasteiger partial charge in [-0.1, -0.05) is 24.3 Å². The van der Waals surface area contributed by atoms with E-state index in [1.54, 1.807) is 12.4 Å². The van der Waals surface area contributed by atoms with Gasteiger partial charge in [0.25, 0.3) is 0 Å². The zero-order valence-corrected chi connectivity index (χ0v) is 18.4. The number of nitrogen functional groups attached to an aromatic ring is 1. The van der Waals surface area contributed by atoms with Gasteiger partial charge in [-0.3, -0.25) is 9.99 Å². The molecule has 6 nitrogen and oxygen atoms in total. The largest absolute Gasteiger partial charge is 0.397 e. The van der Waals surface area contributed by atoms with Crippen molar-refractivity contribution in [3.05, 3.63) is 89.9 Å². The molecule has 3 heterocycles. The zero-order valence-electron chi connectivity index (χ0n) is 18.4. The van der Waals surface area contributed by atoms with E-state index in [1.165, 1.54) is 0 Å². The third-order valence-corrected chi connectivity index (χ3v) is 6.65. The van der Waals surface area contributed by atoms with E-state index in [1.807, 2.05) is 32.0 Å². The second-order valence-corrected chi connectivity index (χ2v) is 9.16. The van der Waals surface area contributed by atoms with Crippen LogP contribution in [0.15, 0.2) is 83.8 Å². The van der Waals surface area contributed by atoms with Crippen molar-refractivity contribution in [1.29, 1.82) is 5.26 Å². The van der Waals surface area contributed by atoms with Gasteiger partial charge in [0.15, 0.2) is 0 Å². The molecule has 0 amide bonds. The average molecular weight is 423 g/mol. The molecule has 1 aromatic heterocycles. The van der Waals surface area contributed by atoms with Crippen molar-refractivity contribution in [2.45, 2.75) is 37.8 Å². The summed E-state index contributed by atoms with van der Waals surface area (Å²) in [4.78, 5) is 9.27. The fraction of sp³-hybridized carbons (Fsp3) is 0.269. The molecule has 0 saturated carbocycles. The fourth-order valence-corrected chi connectivity index (χ4v) is 4.83. The van der Waals surface area contributed by atoms with E-state index in [2.05, 4.69) is 70.9 Å². The van der Waals surface area contributed by atoms with Crippen molar-refractivity contribution < 1.29 is 0 Å². The number of hydrogen-bond acceptors (Lipinski definition) is 6. The Hall–Kier alpha value is -3.69. The van der Waals surface area contributed by atoms with E-state index < -0.39 is 11.0 Å². The molecule has 160 valence electrons. The van der Waals surface area contributed by atoms with Gasteiger partial charge in [-0.25, -0.2) is 10.4 Å². The highest BCUT2D eigenvalue weighted by molar-refractivity contribution is 6.10. The van der Waals surface area contributed by atoms with Crippen molar-refractivity contribution in [1.82, 2.24) is 10.4 Å². The molecule has 1 aliphatic carbocycles. The van der Waals surface area contributed by atoms with Gasteiger partial charge in [0.2, 0.25) is 0 Å². The minimum absolute atomic E-state index is 0.221. The first kappa shape index (κ1) is 20.2. The van der Waals surface area contributed by atoms with Crippen LogP contribution >= 0.6 is 0 Å². The van der Waals surface area contributed by atoms with Gasteiger partial charge in [0, 0.05) is 29.9 Å². The molecule has 2 aromatic rings. The molecule has 2 aliphatic heterocycles. The van der Waals surface area contributed by atoms with Crippen LogP contribution in [0.3, 0.4) is 0 Å². The van der Waals surface area contributed by atoms with Crippen molar-refractivity contribution in [3.63, 3.8) is 0 Å². The van der Waals surface area contributed by atoms with Crippen LogP contribution in [0, 0.1) is 17.2 Å². The number of nitrogens with two attached hydrogens (primary N) is 1. The lowest BCUT2D eigenvalue weighted by Gasteiger charge is -2.43. The summed E-state index contributed by atoms with van der Waals surface area (Å²) in [6.45, 7) is 6.07. The number of nitriles is 1. The molecule has 3 aliphatic rings. The standard InChI is InChI=1S/C26H26N6/c1-17-22-5-4-6-24-26(22,12-11-23(30-24)18-13-20(28)15-29-14-18)32(31-17)21-9-7-19(8-10-21)25(2,3)16-27/h4-15,17,22,31H,28H2,1-3H3. The predicted octanol–water partition coefficient (Wildman–Crippen LogP) is 4.05. The summed E-state index contributed by atoms with van der Waals surface area (Å²) >= 11 is 0. The Bertz CT molecular complexity index is 1230. The van der Waals surface area contributed by atoms with Gasteiger partial charge < -0.3 is 5.73 Å². The maximum Gasteiger partial charge on any atom is 0.124 e. The second kappa shape index (κ2) is 7.18. The van der Waals surface area contributed by atoms with Crippen LogP contribution in [0.2, 0.25) is 0 Å². The molecule has 3 atom stereocenters. The molecule has 0 radical (unpaired) electrons. The number of rotatable bonds is 3. The Morgan fingerprint density at radius 1 is 1.22 bits per heavy atom. The first-order valence-electron chi connectivity index (χ1n) is 10.8. The Morgan fingerprint density at radius 3 is 2.72 bits per heavy atom. The minimum atomic E-state index is -0.529. The molecule has 5 rings (SSSR count). The molecule has 3 unspecified atom stereocenters. The van der Waals surface area contributed by atoms with E-state index in [-0.39, 0.29) is 12.0 Å². The van der Waals surface area contributed by atoms with E-state index >= 15 is 0 Å². The quantitative estimate of drug-likeness (QED) is 0.779. The van der Waals surface area contributed by atoms with Crippen LogP contribution in [0.25, 0.3) is 0 Å². The monoisotopic (exact) mass is 422 g/mol. The topological polar surface area (TPSA) is 90.3 Å². The van der Waals surface area contributed by atoms with Crippen molar-refractivity contribution in [3.8, 4) is 6.07 Å². The lowest BCUT2D eigenvalue weighted by molar-refractivity contribution is 0.471.